The van der Waals surface area contributed by atoms with Crippen molar-refractivity contribution in [2.24, 2.45) is 0 Å². The highest BCUT2D eigenvalue weighted by atomic mass is 32.2. The van der Waals surface area contributed by atoms with Crippen molar-refractivity contribution in [3.63, 3.8) is 0 Å². The van der Waals surface area contributed by atoms with Gasteiger partial charge in [0.15, 0.2) is 9.84 Å². The number of Topliss-reactive ketones (excluding diaryl/α,β-unsaturated/α-hetero) is 1. The van der Waals surface area contributed by atoms with Crippen molar-refractivity contribution >= 4 is 32.6 Å². The number of thiophene rings is 1. The van der Waals surface area contributed by atoms with Gasteiger partial charge in [0.25, 0.3) is 0 Å². The maximum Gasteiger partial charge on any atom is 0.205 e. The summed E-state index contributed by atoms with van der Waals surface area (Å²) in [5, 5.41) is 14.6. The number of carbonyl (C=O) groups is 1. The predicted molar refractivity (Wildman–Crippen MR) is 94.7 cm³/mol. The molecule has 0 aliphatic rings. The molecule has 0 amide bonds. The number of nitriles is 1. The minimum absolute atomic E-state index is 0.0969. The van der Waals surface area contributed by atoms with Crippen LogP contribution < -0.4 is 5.32 Å². The summed E-state index contributed by atoms with van der Waals surface area (Å²) in [6, 6.07) is 10.3. The van der Waals surface area contributed by atoms with Crippen LogP contribution in [0.5, 0.6) is 0 Å². The van der Waals surface area contributed by atoms with Crippen molar-refractivity contribution in [1.82, 2.24) is 0 Å². The topological polar surface area (TPSA) is 87.0 Å². The van der Waals surface area contributed by atoms with Crippen LogP contribution in [0.1, 0.15) is 24.2 Å². The number of nitrogens with one attached hydrogen (secondary N) is 1. The standard InChI is InChI=1S/C17H16N2O3S2/c1-12(2)24(21,22)16-11-23-10-15(16)19-9-14(8-18)17(20)13-6-4-3-5-7-13/h3-7,9-12,19H,1-2H3/b14-9-. The van der Waals surface area contributed by atoms with Crippen LogP contribution in [0.4, 0.5) is 5.69 Å². The van der Waals surface area contributed by atoms with Gasteiger partial charge in [0, 0.05) is 22.5 Å². The van der Waals surface area contributed by atoms with Crippen LogP contribution in [0.25, 0.3) is 0 Å². The van der Waals surface area contributed by atoms with E-state index in [2.05, 4.69) is 5.32 Å². The molecule has 7 heteroatoms. The summed E-state index contributed by atoms with van der Waals surface area (Å²) in [5.74, 6) is -0.422. The first-order chi connectivity index (χ1) is 11.4. The summed E-state index contributed by atoms with van der Waals surface area (Å²) in [6.07, 6.45) is 1.25. The van der Waals surface area contributed by atoms with Gasteiger partial charge in [0.05, 0.1) is 10.9 Å². The third-order valence-electron chi connectivity index (χ3n) is 3.33. The van der Waals surface area contributed by atoms with Crippen LogP contribution in [0.15, 0.2) is 57.8 Å². The van der Waals surface area contributed by atoms with E-state index in [9.17, 15) is 18.5 Å². The zero-order chi connectivity index (χ0) is 17.7. The highest BCUT2D eigenvalue weighted by molar-refractivity contribution is 7.92. The lowest BCUT2D eigenvalue weighted by Crippen LogP contribution is -2.14. The average molecular weight is 360 g/mol. The molecule has 0 fully saturated rings. The van der Waals surface area contributed by atoms with E-state index in [4.69, 9.17) is 0 Å². The minimum atomic E-state index is -3.44. The zero-order valence-corrected chi connectivity index (χ0v) is 14.8. The van der Waals surface area contributed by atoms with Gasteiger partial charge in [-0.3, -0.25) is 4.79 Å². The molecule has 1 aromatic heterocycles. The minimum Gasteiger partial charge on any atom is -0.359 e. The van der Waals surface area contributed by atoms with Gasteiger partial charge < -0.3 is 5.32 Å². The smallest absolute Gasteiger partial charge is 0.205 e. The summed E-state index contributed by atoms with van der Waals surface area (Å²) in [7, 11) is -3.44. The molecule has 24 heavy (non-hydrogen) atoms. The fraction of sp³-hybridized carbons (Fsp3) is 0.176. The molecular formula is C17H16N2O3S2. The van der Waals surface area contributed by atoms with Crippen LogP contribution in [0, 0.1) is 11.3 Å². The molecule has 0 saturated carbocycles. The van der Waals surface area contributed by atoms with Crippen molar-refractivity contribution in [2.45, 2.75) is 24.0 Å². The van der Waals surface area contributed by atoms with Crippen LogP contribution in [-0.4, -0.2) is 19.5 Å². The molecular weight excluding hydrogens is 344 g/mol. The van der Waals surface area contributed by atoms with Gasteiger partial charge in [0.2, 0.25) is 5.78 Å². The number of carbonyl (C=O) groups excluding carboxylic acids is 1. The monoisotopic (exact) mass is 360 g/mol. The van der Waals surface area contributed by atoms with Gasteiger partial charge in [-0.25, -0.2) is 8.42 Å². The van der Waals surface area contributed by atoms with Crippen molar-refractivity contribution in [1.29, 1.82) is 5.26 Å². The third-order valence-corrected chi connectivity index (χ3v) is 6.41. The van der Waals surface area contributed by atoms with Crippen LogP contribution in [0.2, 0.25) is 0 Å². The quantitative estimate of drug-likeness (QED) is 0.483. The number of rotatable bonds is 6. The summed E-state index contributed by atoms with van der Waals surface area (Å²) in [4.78, 5) is 12.4. The lowest BCUT2D eigenvalue weighted by molar-refractivity contribution is 0.103. The van der Waals surface area contributed by atoms with Crippen molar-refractivity contribution in [3.8, 4) is 6.07 Å². The van der Waals surface area contributed by atoms with Crippen molar-refractivity contribution < 1.29 is 13.2 Å². The third kappa shape index (κ3) is 3.72. The van der Waals surface area contributed by atoms with Gasteiger partial charge in [-0.15, -0.1) is 11.3 Å². The number of hydrogen-bond donors (Lipinski definition) is 1. The Bertz CT molecular complexity index is 905. The Labute approximate surface area is 145 Å². The molecule has 2 rings (SSSR count). The molecule has 0 saturated heterocycles. The second kappa shape index (κ2) is 7.43. The first-order valence-corrected chi connectivity index (χ1v) is 9.63. The van der Waals surface area contributed by atoms with E-state index in [-0.39, 0.29) is 10.5 Å². The second-order valence-corrected chi connectivity index (χ2v) is 8.47. The van der Waals surface area contributed by atoms with E-state index in [1.807, 2.05) is 6.07 Å². The first kappa shape index (κ1) is 17.9. The summed E-state index contributed by atoms with van der Waals surface area (Å²) in [5.41, 5.74) is 0.662. The number of ketones is 1. The van der Waals surface area contributed by atoms with Gasteiger partial charge in [-0.1, -0.05) is 30.3 Å². The van der Waals surface area contributed by atoms with E-state index in [1.54, 1.807) is 49.6 Å². The van der Waals surface area contributed by atoms with E-state index in [0.29, 0.717) is 11.3 Å². The number of nitrogens with zero attached hydrogens (tertiary/aromatic N) is 1. The Kier molecular flexibility index (Phi) is 5.54. The number of allylic oxidation sites excluding steroid dienone is 1. The van der Waals surface area contributed by atoms with Crippen molar-refractivity contribution in [3.05, 3.63) is 58.4 Å². The molecule has 0 atom stereocenters. The lowest BCUT2D eigenvalue weighted by Gasteiger charge is -2.09. The van der Waals surface area contributed by atoms with Gasteiger partial charge in [0.1, 0.15) is 16.5 Å². The molecule has 0 spiro atoms. The van der Waals surface area contributed by atoms with Crippen LogP contribution in [-0.2, 0) is 9.84 Å². The fourth-order valence-corrected chi connectivity index (χ4v) is 4.27. The van der Waals surface area contributed by atoms with E-state index in [0.717, 1.165) is 0 Å². The molecule has 1 aromatic carbocycles. The highest BCUT2D eigenvalue weighted by Gasteiger charge is 2.23. The van der Waals surface area contributed by atoms with Crippen LogP contribution in [0.3, 0.4) is 0 Å². The fourth-order valence-electron chi connectivity index (χ4n) is 1.91. The molecule has 1 heterocycles. The lowest BCUT2D eigenvalue weighted by atomic mass is 10.1. The van der Waals surface area contributed by atoms with Gasteiger partial charge in [-0.2, -0.15) is 5.26 Å². The highest BCUT2D eigenvalue weighted by Crippen LogP contribution is 2.29. The Hall–Kier alpha value is -2.43. The molecule has 1 N–H and O–H groups in total. The number of benzene rings is 1. The first-order valence-electron chi connectivity index (χ1n) is 7.14. The maximum absolute atomic E-state index is 12.3. The zero-order valence-electron chi connectivity index (χ0n) is 13.2. The summed E-state index contributed by atoms with van der Waals surface area (Å²) in [6.45, 7) is 3.21. The molecule has 0 unspecified atom stereocenters. The largest absolute Gasteiger partial charge is 0.359 e. The summed E-state index contributed by atoms with van der Waals surface area (Å²) < 4.78 is 24.6. The van der Waals surface area contributed by atoms with Gasteiger partial charge in [-0.05, 0) is 13.8 Å². The maximum atomic E-state index is 12.3. The molecule has 124 valence electrons. The molecule has 2 aromatic rings. The van der Waals surface area contributed by atoms with Gasteiger partial charge >= 0.3 is 0 Å². The Morgan fingerprint density at radius 1 is 1.25 bits per heavy atom. The van der Waals surface area contributed by atoms with Crippen LogP contribution >= 0.6 is 11.3 Å². The predicted octanol–water partition coefficient (Wildman–Crippen LogP) is 3.63. The van der Waals surface area contributed by atoms with E-state index in [1.165, 1.54) is 22.9 Å². The molecule has 0 aliphatic carbocycles. The molecule has 5 nitrogen and oxygen atoms in total. The Morgan fingerprint density at radius 3 is 2.50 bits per heavy atom. The Morgan fingerprint density at radius 2 is 1.92 bits per heavy atom. The van der Waals surface area contributed by atoms with E-state index >= 15 is 0 Å². The average Bonchev–Trinajstić information content (AvgIpc) is 3.05. The van der Waals surface area contributed by atoms with E-state index < -0.39 is 20.9 Å². The number of sulfone groups is 1. The SMILES string of the molecule is CC(C)S(=O)(=O)c1cscc1N/C=C(/C#N)C(=O)c1ccccc1. The number of hydrogen-bond acceptors (Lipinski definition) is 6. The molecule has 0 aliphatic heterocycles. The van der Waals surface area contributed by atoms with Crippen molar-refractivity contribution in [2.75, 3.05) is 5.32 Å². The molecule has 0 radical (unpaired) electrons. The normalized spacial score (nSPS) is 12.0. The summed E-state index contributed by atoms with van der Waals surface area (Å²) >= 11 is 1.24. The second-order valence-electron chi connectivity index (χ2n) is 5.25. The Balaban J connectivity index is 2.29. The molecule has 0 bridgehead atoms. The number of anilines is 1.